The third-order valence-electron chi connectivity index (χ3n) is 2.57. The summed E-state index contributed by atoms with van der Waals surface area (Å²) in [6, 6.07) is 1.30. The molecule has 1 aromatic heterocycles. The van der Waals surface area contributed by atoms with Gasteiger partial charge in [-0.15, -0.1) is 0 Å². The van der Waals surface area contributed by atoms with E-state index in [0.717, 1.165) is 23.7 Å². The number of likely N-dealkylation sites (tertiary alicyclic amines) is 1. The first-order valence-corrected chi connectivity index (χ1v) is 6.78. The number of hydrogen-bond acceptors (Lipinski definition) is 5. The van der Waals surface area contributed by atoms with Crippen molar-refractivity contribution in [1.82, 2.24) is 4.90 Å². The fourth-order valence-electron chi connectivity index (χ4n) is 1.64. The molecule has 0 radical (unpaired) electrons. The van der Waals surface area contributed by atoms with Crippen LogP contribution in [0.15, 0.2) is 21.5 Å². The van der Waals surface area contributed by atoms with E-state index in [9.17, 15) is 4.79 Å². The van der Waals surface area contributed by atoms with E-state index in [1.807, 2.05) is 0 Å². The quantitative estimate of drug-likeness (QED) is 0.830. The van der Waals surface area contributed by atoms with Crippen molar-refractivity contribution in [3.8, 4) is 5.75 Å². The fourth-order valence-corrected chi connectivity index (χ4v) is 2.78. The zero-order valence-electron chi connectivity index (χ0n) is 9.22. The van der Waals surface area contributed by atoms with Crippen LogP contribution in [-0.2, 0) is 5.75 Å². The first-order valence-electron chi connectivity index (χ1n) is 5.39. The van der Waals surface area contributed by atoms with Gasteiger partial charge in [-0.05, 0) is 12.8 Å². The van der Waals surface area contributed by atoms with Gasteiger partial charge in [-0.2, -0.15) is 0 Å². The lowest BCUT2D eigenvalue weighted by Crippen LogP contribution is -2.23. The topological polar surface area (TPSA) is 53.7 Å². The predicted molar refractivity (Wildman–Crippen MR) is 71.3 cm³/mol. The molecule has 0 aliphatic carbocycles. The summed E-state index contributed by atoms with van der Waals surface area (Å²) in [6.07, 6.45) is 3.45. The lowest BCUT2D eigenvalue weighted by molar-refractivity contribution is 0.419. The molecule has 1 aliphatic rings. The molecule has 0 bridgehead atoms. The number of rotatable bonds is 2. The van der Waals surface area contributed by atoms with Crippen molar-refractivity contribution >= 4 is 28.3 Å². The zero-order chi connectivity index (χ0) is 12.3. The minimum absolute atomic E-state index is 0.360. The van der Waals surface area contributed by atoms with Gasteiger partial charge in [0.05, 0.1) is 5.75 Å². The van der Waals surface area contributed by atoms with Crippen LogP contribution in [0.1, 0.15) is 18.6 Å². The summed E-state index contributed by atoms with van der Waals surface area (Å²) >= 11 is 6.78. The zero-order valence-corrected chi connectivity index (χ0v) is 10.9. The van der Waals surface area contributed by atoms with Gasteiger partial charge in [-0.25, -0.2) is 0 Å². The average molecular weight is 271 g/mol. The highest BCUT2D eigenvalue weighted by Gasteiger charge is 2.15. The minimum Gasteiger partial charge on any atom is -0.502 e. The van der Waals surface area contributed by atoms with Gasteiger partial charge in [0.2, 0.25) is 5.43 Å². The maximum Gasteiger partial charge on any atom is 0.226 e. The molecule has 0 aromatic carbocycles. The third kappa shape index (κ3) is 3.23. The highest BCUT2D eigenvalue weighted by atomic mass is 32.2. The molecular formula is C11H13NO3S2. The van der Waals surface area contributed by atoms with Gasteiger partial charge in [-0.3, -0.25) is 4.79 Å². The molecule has 1 N–H and O–H groups in total. The van der Waals surface area contributed by atoms with Gasteiger partial charge in [0.25, 0.3) is 0 Å². The smallest absolute Gasteiger partial charge is 0.226 e. The second-order valence-electron chi connectivity index (χ2n) is 3.84. The van der Waals surface area contributed by atoms with E-state index in [-0.39, 0.29) is 5.75 Å². The fraction of sp³-hybridized carbons (Fsp3) is 0.455. The molecule has 0 spiro atoms. The Morgan fingerprint density at radius 1 is 1.53 bits per heavy atom. The molecule has 1 aromatic rings. The lowest BCUT2D eigenvalue weighted by atomic mass is 10.4. The number of thioether (sulfide) groups is 1. The Morgan fingerprint density at radius 3 is 2.88 bits per heavy atom. The maximum absolute atomic E-state index is 11.2. The average Bonchev–Trinajstić information content (AvgIpc) is 2.84. The molecule has 2 heterocycles. The van der Waals surface area contributed by atoms with Crippen molar-refractivity contribution < 1.29 is 9.52 Å². The number of hydrogen-bond donors (Lipinski definition) is 1. The van der Waals surface area contributed by atoms with Crippen molar-refractivity contribution in [2.45, 2.75) is 18.6 Å². The summed E-state index contributed by atoms with van der Waals surface area (Å²) in [7, 11) is 0. The van der Waals surface area contributed by atoms with Gasteiger partial charge in [0.1, 0.15) is 16.3 Å². The first kappa shape index (κ1) is 12.4. The van der Waals surface area contributed by atoms with E-state index in [1.165, 1.54) is 30.7 Å². The second-order valence-corrected chi connectivity index (χ2v) is 5.45. The van der Waals surface area contributed by atoms with Crippen LogP contribution in [0, 0.1) is 0 Å². The van der Waals surface area contributed by atoms with Gasteiger partial charge in [-0.1, -0.05) is 24.0 Å². The van der Waals surface area contributed by atoms with E-state index in [0.29, 0.717) is 11.5 Å². The van der Waals surface area contributed by atoms with Crippen molar-refractivity contribution in [2.75, 3.05) is 13.1 Å². The Bertz CT molecular complexity index is 466. The van der Waals surface area contributed by atoms with Crippen molar-refractivity contribution in [3.63, 3.8) is 0 Å². The van der Waals surface area contributed by atoms with Crippen LogP contribution in [0.25, 0.3) is 0 Å². The van der Waals surface area contributed by atoms with E-state index in [4.69, 9.17) is 21.7 Å². The molecule has 0 atom stereocenters. The van der Waals surface area contributed by atoms with Crippen molar-refractivity contribution in [2.24, 2.45) is 0 Å². The van der Waals surface area contributed by atoms with Crippen LogP contribution in [0.4, 0.5) is 0 Å². The van der Waals surface area contributed by atoms with Crippen LogP contribution >= 0.6 is 24.0 Å². The summed E-state index contributed by atoms with van der Waals surface area (Å²) in [6.45, 7) is 2.04. The Kier molecular flexibility index (Phi) is 4.06. The number of aromatic hydroxyl groups is 1. The van der Waals surface area contributed by atoms with Gasteiger partial charge < -0.3 is 14.4 Å². The standard InChI is InChI=1S/C11H13NO3S2/c13-9-5-8(15-6-10(9)14)7-17-11(16)12-3-1-2-4-12/h5-6,14H,1-4,7H2. The van der Waals surface area contributed by atoms with Crippen LogP contribution in [0.3, 0.4) is 0 Å². The number of nitrogens with zero attached hydrogens (tertiary/aromatic N) is 1. The van der Waals surface area contributed by atoms with E-state index in [2.05, 4.69) is 4.90 Å². The van der Waals surface area contributed by atoms with Gasteiger partial charge >= 0.3 is 0 Å². The molecule has 92 valence electrons. The molecule has 1 fully saturated rings. The molecule has 6 heteroatoms. The Hall–Kier alpha value is -1.01. The molecule has 17 heavy (non-hydrogen) atoms. The van der Waals surface area contributed by atoms with Crippen LogP contribution < -0.4 is 5.43 Å². The molecule has 4 nitrogen and oxygen atoms in total. The lowest BCUT2D eigenvalue weighted by Gasteiger charge is -2.17. The summed E-state index contributed by atoms with van der Waals surface area (Å²) in [5.74, 6) is 0.686. The minimum atomic E-state index is -0.418. The Morgan fingerprint density at radius 2 is 2.24 bits per heavy atom. The first-order chi connectivity index (χ1) is 8.16. The largest absolute Gasteiger partial charge is 0.502 e. The summed E-state index contributed by atoms with van der Waals surface area (Å²) in [4.78, 5) is 13.3. The highest BCUT2D eigenvalue weighted by molar-refractivity contribution is 8.22. The second kappa shape index (κ2) is 5.55. The normalized spacial score (nSPS) is 15.2. The van der Waals surface area contributed by atoms with Crippen LogP contribution in [0.2, 0.25) is 0 Å². The van der Waals surface area contributed by atoms with Crippen LogP contribution in [0.5, 0.6) is 5.75 Å². The molecule has 0 unspecified atom stereocenters. The van der Waals surface area contributed by atoms with E-state index >= 15 is 0 Å². The summed E-state index contributed by atoms with van der Waals surface area (Å²) in [5.41, 5.74) is -0.418. The maximum atomic E-state index is 11.2. The monoisotopic (exact) mass is 271 g/mol. The number of thiocarbonyl (C=S) groups is 1. The SMILES string of the molecule is O=c1cc(CSC(=S)N2CCCC2)occ1O. The molecule has 1 saturated heterocycles. The van der Waals surface area contributed by atoms with Crippen molar-refractivity contribution in [3.05, 3.63) is 28.3 Å². The Labute approximate surface area is 109 Å². The van der Waals surface area contributed by atoms with E-state index < -0.39 is 5.43 Å². The summed E-state index contributed by atoms with van der Waals surface area (Å²) in [5, 5.41) is 9.05. The predicted octanol–water partition coefficient (Wildman–Crippen LogP) is 1.96. The third-order valence-corrected chi connectivity index (χ3v) is 4.11. The van der Waals surface area contributed by atoms with Gasteiger partial charge in [0.15, 0.2) is 5.75 Å². The van der Waals surface area contributed by atoms with E-state index in [1.54, 1.807) is 0 Å². The molecule has 2 rings (SSSR count). The van der Waals surface area contributed by atoms with Crippen LogP contribution in [-0.4, -0.2) is 27.4 Å². The molecule has 1 aliphatic heterocycles. The Balaban J connectivity index is 1.90. The molecule has 0 saturated carbocycles. The van der Waals surface area contributed by atoms with Crippen molar-refractivity contribution in [1.29, 1.82) is 0 Å². The summed E-state index contributed by atoms with van der Waals surface area (Å²) < 4.78 is 5.95. The highest BCUT2D eigenvalue weighted by Crippen LogP contribution is 2.20. The molecular weight excluding hydrogens is 258 g/mol. The molecule has 0 amide bonds. The van der Waals surface area contributed by atoms with Gasteiger partial charge in [0, 0.05) is 19.2 Å².